The summed E-state index contributed by atoms with van der Waals surface area (Å²) in [5.41, 5.74) is -1.03. The summed E-state index contributed by atoms with van der Waals surface area (Å²) in [6, 6.07) is 0. The van der Waals surface area contributed by atoms with Crippen LogP contribution in [0, 0.1) is 10.8 Å². The molecule has 0 unspecified atom stereocenters. The normalized spacial score (nSPS) is 37.8. The number of hydrogen-bond acceptors (Lipinski definition) is 6. The highest BCUT2D eigenvalue weighted by Gasteiger charge is 2.69. The van der Waals surface area contributed by atoms with Crippen LogP contribution in [0.2, 0.25) is 0 Å². The SMILES string of the molecule is CC(C)(C)O[C@H]1C(=O)O[C@H]2[C@@H]3OC(C(C)(C)C)(C(C)(C)C)O[C@@H]3O[C@H]21. The predicted molar refractivity (Wildman–Crippen MR) is 90.8 cm³/mol. The van der Waals surface area contributed by atoms with E-state index in [1.165, 1.54) is 0 Å². The summed E-state index contributed by atoms with van der Waals surface area (Å²) in [5.74, 6) is -1.23. The lowest BCUT2D eigenvalue weighted by Crippen LogP contribution is -2.55. The van der Waals surface area contributed by atoms with Gasteiger partial charge in [0.15, 0.2) is 30.4 Å². The van der Waals surface area contributed by atoms with E-state index in [9.17, 15) is 4.79 Å². The topological polar surface area (TPSA) is 63.2 Å². The van der Waals surface area contributed by atoms with Gasteiger partial charge in [0.25, 0.3) is 0 Å². The molecule has 0 aromatic heterocycles. The molecule has 3 aliphatic heterocycles. The number of ether oxygens (including phenoxy) is 5. The van der Waals surface area contributed by atoms with Crippen molar-refractivity contribution in [2.24, 2.45) is 10.8 Å². The molecule has 0 N–H and O–H groups in total. The number of carbonyl (C=O) groups is 1. The molecule has 3 fully saturated rings. The summed E-state index contributed by atoms with van der Waals surface area (Å²) in [6.45, 7) is 18.2. The Labute approximate surface area is 150 Å². The minimum atomic E-state index is -0.838. The van der Waals surface area contributed by atoms with E-state index in [1.807, 2.05) is 20.8 Å². The zero-order valence-corrected chi connectivity index (χ0v) is 16.8. The maximum atomic E-state index is 12.3. The van der Waals surface area contributed by atoms with Crippen LogP contribution in [-0.4, -0.2) is 48.1 Å². The fourth-order valence-corrected chi connectivity index (χ4v) is 4.29. The Bertz CT molecular complexity index is 536. The Morgan fingerprint density at radius 3 is 1.88 bits per heavy atom. The lowest BCUT2D eigenvalue weighted by molar-refractivity contribution is -0.322. The molecule has 144 valence electrons. The van der Waals surface area contributed by atoms with Crippen molar-refractivity contribution < 1.29 is 28.5 Å². The van der Waals surface area contributed by atoms with Gasteiger partial charge < -0.3 is 23.7 Å². The molecule has 0 aromatic rings. The van der Waals surface area contributed by atoms with Gasteiger partial charge in [-0.05, 0) is 20.8 Å². The van der Waals surface area contributed by atoms with Gasteiger partial charge in [-0.1, -0.05) is 41.5 Å². The lowest BCUT2D eigenvalue weighted by atomic mass is 9.70. The first-order valence-corrected chi connectivity index (χ1v) is 9.06. The molecule has 3 rings (SSSR count). The molecule has 25 heavy (non-hydrogen) atoms. The number of fused-ring (bicyclic) bond motifs is 3. The van der Waals surface area contributed by atoms with Gasteiger partial charge in [0.05, 0.1) is 5.60 Å². The van der Waals surface area contributed by atoms with Gasteiger partial charge in [-0.15, -0.1) is 0 Å². The second-order valence-corrected chi connectivity index (χ2v) is 10.3. The van der Waals surface area contributed by atoms with Crippen LogP contribution in [0.3, 0.4) is 0 Å². The van der Waals surface area contributed by atoms with Crippen LogP contribution in [0.15, 0.2) is 0 Å². The fraction of sp³-hybridized carbons (Fsp3) is 0.947. The van der Waals surface area contributed by atoms with Crippen LogP contribution in [0.5, 0.6) is 0 Å². The highest BCUT2D eigenvalue weighted by atomic mass is 16.9. The van der Waals surface area contributed by atoms with E-state index < -0.39 is 48.1 Å². The molecule has 0 radical (unpaired) electrons. The summed E-state index contributed by atoms with van der Waals surface area (Å²) in [6.07, 6.45) is -2.76. The van der Waals surface area contributed by atoms with Gasteiger partial charge in [0.1, 0.15) is 6.10 Å². The van der Waals surface area contributed by atoms with E-state index in [-0.39, 0.29) is 10.8 Å². The van der Waals surface area contributed by atoms with Crippen LogP contribution in [0.4, 0.5) is 0 Å². The molecule has 6 nitrogen and oxygen atoms in total. The average molecular weight is 356 g/mol. The smallest absolute Gasteiger partial charge is 0.338 e. The quantitative estimate of drug-likeness (QED) is 0.673. The monoisotopic (exact) mass is 356 g/mol. The molecule has 0 aromatic carbocycles. The molecule has 0 amide bonds. The Kier molecular flexibility index (Phi) is 4.13. The summed E-state index contributed by atoms with van der Waals surface area (Å²) in [7, 11) is 0. The Balaban J connectivity index is 1.85. The second-order valence-electron chi connectivity index (χ2n) is 10.3. The van der Waals surface area contributed by atoms with E-state index >= 15 is 0 Å². The van der Waals surface area contributed by atoms with Gasteiger partial charge in [-0.2, -0.15) is 0 Å². The van der Waals surface area contributed by atoms with E-state index in [4.69, 9.17) is 23.7 Å². The molecule has 5 atom stereocenters. The van der Waals surface area contributed by atoms with E-state index in [2.05, 4.69) is 41.5 Å². The molecular weight excluding hydrogens is 324 g/mol. The molecular formula is C19H32O6. The Morgan fingerprint density at radius 2 is 1.40 bits per heavy atom. The molecule has 0 aliphatic carbocycles. The van der Waals surface area contributed by atoms with Crippen LogP contribution in [-0.2, 0) is 28.5 Å². The van der Waals surface area contributed by atoms with Crippen LogP contribution >= 0.6 is 0 Å². The first kappa shape index (κ1) is 19.1. The number of esters is 1. The second kappa shape index (κ2) is 5.41. The highest BCUT2D eigenvalue weighted by Crippen LogP contribution is 2.56. The lowest BCUT2D eigenvalue weighted by Gasteiger charge is -2.49. The van der Waals surface area contributed by atoms with Gasteiger partial charge >= 0.3 is 5.97 Å². The van der Waals surface area contributed by atoms with E-state index in [1.54, 1.807) is 0 Å². The van der Waals surface area contributed by atoms with Crippen LogP contribution < -0.4 is 0 Å². The predicted octanol–water partition coefficient (Wildman–Crippen LogP) is 3.02. The zero-order chi connectivity index (χ0) is 19.0. The van der Waals surface area contributed by atoms with Gasteiger partial charge in [-0.25, -0.2) is 4.79 Å². The molecule has 3 heterocycles. The zero-order valence-electron chi connectivity index (χ0n) is 16.8. The van der Waals surface area contributed by atoms with Gasteiger partial charge in [-0.3, -0.25) is 0 Å². The summed E-state index contributed by atoms with van der Waals surface area (Å²) < 4.78 is 30.3. The van der Waals surface area contributed by atoms with Gasteiger partial charge in [0.2, 0.25) is 0 Å². The Hall–Kier alpha value is -0.690. The molecule has 6 heteroatoms. The van der Waals surface area contributed by atoms with Crippen molar-refractivity contribution in [2.75, 3.05) is 0 Å². The van der Waals surface area contributed by atoms with Crippen LogP contribution in [0.1, 0.15) is 62.3 Å². The molecule has 3 aliphatic rings. The van der Waals surface area contributed by atoms with Crippen molar-refractivity contribution in [3.8, 4) is 0 Å². The highest BCUT2D eigenvalue weighted by molar-refractivity contribution is 5.78. The van der Waals surface area contributed by atoms with Crippen molar-refractivity contribution >= 4 is 5.97 Å². The molecule has 3 saturated heterocycles. The molecule has 0 saturated carbocycles. The summed E-state index contributed by atoms with van der Waals surface area (Å²) in [5, 5.41) is 0. The standard InChI is InChI=1S/C19H32O6/c1-16(2,3)19(17(4,5)6)24-13-11-10(22-15(13)25-19)12(14(20)21-11)23-18(7,8)9/h10-13,15H,1-9H3/t10-,11-,12-,13+,15+/m1/s1. The number of carbonyl (C=O) groups excluding carboxylic acids is 1. The molecule has 0 bridgehead atoms. The maximum absolute atomic E-state index is 12.3. The largest absolute Gasteiger partial charge is 0.454 e. The molecule has 0 spiro atoms. The van der Waals surface area contributed by atoms with Crippen molar-refractivity contribution in [3.63, 3.8) is 0 Å². The van der Waals surface area contributed by atoms with Crippen LogP contribution in [0.25, 0.3) is 0 Å². The van der Waals surface area contributed by atoms with Crippen molar-refractivity contribution in [3.05, 3.63) is 0 Å². The third-order valence-corrected chi connectivity index (χ3v) is 5.03. The Morgan fingerprint density at radius 1 is 0.840 bits per heavy atom. The van der Waals surface area contributed by atoms with Crippen molar-refractivity contribution in [1.82, 2.24) is 0 Å². The fourth-order valence-electron chi connectivity index (χ4n) is 4.29. The first-order chi connectivity index (χ1) is 11.2. The number of rotatable bonds is 1. The van der Waals surface area contributed by atoms with Crippen molar-refractivity contribution in [1.29, 1.82) is 0 Å². The minimum absolute atomic E-state index is 0.279. The third-order valence-electron chi connectivity index (χ3n) is 5.03. The first-order valence-electron chi connectivity index (χ1n) is 9.06. The van der Waals surface area contributed by atoms with Gasteiger partial charge in [0, 0.05) is 10.8 Å². The maximum Gasteiger partial charge on any atom is 0.338 e. The third kappa shape index (κ3) is 2.91. The average Bonchev–Trinajstić information content (AvgIpc) is 2.97. The number of hydrogen-bond donors (Lipinski definition) is 0. The van der Waals surface area contributed by atoms with Crippen molar-refractivity contribution in [2.45, 2.75) is 104 Å². The van der Waals surface area contributed by atoms with E-state index in [0.717, 1.165) is 0 Å². The summed E-state index contributed by atoms with van der Waals surface area (Å²) >= 11 is 0. The summed E-state index contributed by atoms with van der Waals surface area (Å²) in [4.78, 5) is 12.3. The van der Waals surface area contributed by atoms with E-state index in [0.29, 0.717) is 0 Å². The minimum Gasteiger partial charge on any atom is -0.454 e.